The lowest BCUT2D eigenvalue weighted by molar-refractivity contribution is 0.554. The summed E-state index contributed by atoms with van der Waals surface area (Å²) in [5.41, 5.74) is 8.31. The van der Waals surface area contributed by atoms with Crippen molar-refractivity contribution in [1.29, 1.82) is 0 Å². The third kappa shape index (κ3) is 3.06. The highest BCUT2D eigenvalue weighted by Gasteiger charge is 2.17. The first kappa shape index (κ1) is 12.2. The summed E-state index contributed by atoms with van der Waals surface area (Å²) in [5.74, 6) is 1.09. The van der Waals surface area contributed by atoms with Gasteiger partial charge in [0, 0.05) is 11.6 Å². The first-order valence-electron chi connectivity index (χ1n) is 5.93. The van der Waals surface area contributed by atoms with Crippen LogP contribution in [0.1, 0.15) is 63.1 Å². The van der Waals surface area contributed by atoms with E-state index in [1.807, 2.05) is 6.20 Å². The Morgan fingerprint density at radius 3 is 2.67 bits per heavy atom. The number of nitrogens with one attached hydrogen (secondary N) is 1. The highest BCUT2D eigenvalue weighted by atomic mass is 15.1. The maximum atomic E-state index is 5.66. The quantitative estimate of drug-likeness (QED) is 0.757. The Bertz CT molecular complexity index is 272. The molecule has 0 aliphatic heterocycles. The topological polar surface area (TPSA) is 54.7 Å². The van der Waals surface area contributed by atoms with Crippen LogP contribution >= 0.6 is 0 Å². The smallest absolute Gasteiger partial charge is 0.0524 e. The SMILES string of the molecule is CCCC(CCN)c1[nH]ncc1C(C)C. The second-order valence-electron chi connectivity index (χ2n) is 4.46. The monoisotopic (exact) mass is 209 g/mol. The first-order chi connectivity index (χ1) is 7.20. The lowest BCUT2D eigenvalue weighted by Crippen LogP contribution is -2.10. The maximum Gasteiger partial charge on any atom is 0.0524 e. The Kier molecular flexibility index (Phi) is 4.82. The molecule has 0 spiro atoms. The van der Waals surface area contributed by atoms with Gasteiger partial charge in [0.15, 0.2) is 0 Å². The second-order valence-corrected chi connectivity index (χ2v) is 4.46. The fourth-order valence-corrected chi connectivity index (χ4v) is 2.08. The minimum Gasteiger partial charge on any atom is -0.330 e. The summed E-state index contributed by atoms with van der Waals surface area (Å²) >= 11 is 0. The standard InChI is InChI=1S/C12H23N3/c1-4-5-10(6-7-13)12-11(9(2)3)8-14-15-12/h8-10H,4-7,13H2,1-3H3,(H,14,15). The third-order valence-corrected chi connectivity index (χ3v) is 2.88. The van der Waals surface area contributed by atoms with Crippen molar-refractivity contribution in [2.75, 3.05) is 6.54 Å². The Morgan fingerprint density at radius 2 is 2.13 bits per heavy atom. The van der Waals surface area contributed by atoms with Crippen LogP contribution in [0, 0.1) is 0 Å². The summed E-state index contributed by atoms with van der Waals surface area (Å²) in [4.78, 5) is 0. The van der Waals surface area contributed by atoms with Gasteiger partial charge in [-0.3, -0.25) is 5.10 Å². The molecule has 1 heterocycles. The average molecular weight is 209 g/mol. The Hall–Kier alpha value is -0.830. The van der Waals surface area contributed by atoms with Crippen molar-refractivity contribution in [1.82, 2.24) is 10.2 Å². The third-order valence-electron chi connectivity index (χ3n) is 2.88. The zero-order valence-electron chi connectivity index (χ0n) is 10.1. The van der Waals surface area contributed by atoms with Gasteiger partial charge in [0.25, 0.3) is 0 Å². The lowest BCUT2D eigenvalue weighted by atomic mass is 9.90. The van der Waals surface area contributed by atoms with E-state index >= 15 is 0 Å². The van der Waals surface area contributed by atoms with Crippen molar-refractivity contribution >= 4 is 0 Å². The molecule has 0 aliphatic carbocycles. The Morgan fingerprint density at radius 1 is 1.40 bits per heavy atom. The van der Waals surface area contributed by atoms with Gasteiger partial charge in [-0.2, -0.15) is 5.10 Å². The molecule has 0 aromatic carbocycles. The molecule has 3 nitrogen and oxygen atoms in total. The number of hydrogen-bond acceptors (Lipinski definition) is 2. The van der Waals surface area contributed by atoms with Crippen molar-refractivity contribution in [3.8, 4) is 0 Å². The summed E-state index contributed by atoms with van der Waals surface area (Å²) in [6, 6.07) is 0. The fraction of sp³-hybridized carbons (Fsp3) is 0.750. The molecular weight excluding hydrogens is 186 g/mol. The lowest BCUT2D eigenvalue weighted by Gasteiger charge is -2.16. The highest BCUT2D eigenvalue weighted by molar-refractivity contribution is 5.23. The van der Waals surface area contributed by atoms with Crippen LogP contribution in [0.3, 0.4) is 0 Å². The summed E-state index contributed by atoms with van der Waals surface area (Å²) < 4.78 is 0. The predicted molar refractivity (Wildman–Crippen MR) is 64.0 cm³/mol. The molecule has 86 valence electrons. The zero-order valence-corrected chi connectivity index (χ0v) is 10.1. The van der Waals surface area contributed by atoms with E-state index in [-0.39, 0.29) is 0 Å². The molecule has 0 saturated carbocycles. The van der Waals surface area contributed by atoms with Crippen LogP contribution < -0.4 is 5.73 Å². The van der Waals surface area contributed by atoms with Crippen LogP contribution in [-0.2, 0) is 0 Å². The van der Waals surface area contributed by atoms with E-state index in [0.717, 1.165) is 13.0 Å². The van der Waals surface area contributed by atoms with E-state index in [0.29, 0.717) is 11.8 Å². The number of rotatable bonds is 6. The van der Waals surface area contributed by atoms with Crippen LogP contribution in [0.2, 0.25) is 0 Å². The minimum absolute atomic E-state index is 0.538. The highest BCUT2D eigenvalue weighted by Crippen LogP contribution is 2.29. The maximum absolute atomic E-state index is 5.66. The van der Waals surface area contributed by atoms with Crippen molar-refractivity contribution in [3.63, 3.8) is 0 Å². The van der Waals surface area contributed by atoms with E-state index in [2.05, 4.69) is 31.0 Å². The van der Waals surface area contributed by atoms with E-state index in [4.69, 9.17) is 5.73 Å². The van der Waals surface area contributed by atoms with Gasteiger partial charge in [0.05, 0.1) is 6.20 Å². The molecule has 0 radical (unpaired) electrons. The molecular formula is C12H23N3. The summed E-state index contributed by atoms with van der Waals surface area (Å²) in [6.45, 7) is 7.38. The molecule has 1 aromatic heterocycles. The van der Waals surface area contributed by atoms with Crippen LogP contribution in [0.5, 0.6) is 0 Å². The van der Waals surface area contributed by atoms with Gasteiger partial charge in [-0.15, -0.1) is 0 Å². The zero-order chi connectivity index (χ0) is 11.3. The number of hydrogen-bond donors (Lipinski definition) is 2. The van der Waals surface area contributed by atoms with Crippen LogP contribution in [-0.4, -0.2) is 16.7 Å². The van der Waals surface area contributed by atoms with Gasteiger partial charge in [0.2, 0.25) is 0 Å². The summed E-state index contributed by atoms with van der Waals surface area (Å²) in [6.07, 6.45) is 5.40. The average Bonchev–Trinajstić information content (AvgIpc) is 2.65. The number of H-pyrrole nitrogens is 1. The predicted octanol–water partition coefficient (Wildman–Crippen LogP) is 2.77. The molecule has 0 amide bonds. The van der Waals surface area contributed by atoms with Crippen LogP contribution in [0.25, 0.3) is 0 Å². The fourth-order valence-electron chi connectivity index (χ4n) is 2.08. The van der Waals surface area contributed by atoms with Crippen LogP contribution in [0.15, 0.2) is 6.20 Å². The van der Waals surface area contributed by atoms with Gasteiger partial charge in [0.1, 0.15) is 0 Å². The molecule has 1 atom stereocenters. The molecule has 0 bridgehead atoms. The molecule has 0 saturated heterocycles. The number of nitrogens with two attached hydrogens (primary N) is 1. The molecule has 3 heteroatoms. The van der Waals surface area contributed by atoms with E-state index < -0.39 is 0 Å². The molecule has 0 fully saturated rings. The van der Waals surface area contributed by atoms with Gasteiger partial charge in [-0.1, -0.05) is 27.2 Å². The number of aromatic amines is 1. The molecule has 1 rings (SSSR count). The van der Waals surface area contributed by atoms with E-state index in [9.17, 15) is 0 Å². The van der Waals surface area contributed by atoms with Gasteiger partial charge in [-0.05, 0) is 30.9 Å². The minimum atomic E-state index is 0.538. The van der Waals surface area contributed by atoms with Gasteiger partial charge in [-0.25, -0.2) is 0 Å². The summed E-state index contributed by atoms with van der Waals surface area (Å²) in [5, 5.41) is 7.31. The molecule has 0 aliphatic rings. The molecule has 1 aromatic rings. The number of nitrogens with zero attached hydrogens (tertiary/aromatic N) is 1. The molecule has 15 heavy (non-hydrogen) atoms. The van der Waals surface area contributed by atoms with E-state index in [1.54, 1.807) is 0 Å². The Labute approximate surface area is 92.5 Å². The van der Waals surface area contributed by atoms with Crippen molar-refractivity contribution in [2.45, 2.75) is 51.9 Å². The molecule has 1 unspecified atom stereocenters. The normalized spacial score (nSPS) is 13.4. The van der Waals surface area contributed by atoms with Crippen molar-refractivity contribution in [3.05, 3.63) is 17.5 Å². The largest absolute Gasteiger partial charge is 0.330 e. The summed E-state index contributed by atoms with van der Waals surface area (Å²) in [7, 11) is 0. The van der Waals surface area contributed by atoms with Gasteiger partial charge < -0.3 is 5.73 Å². The second kappa shape index (κ2) is 5.91. The van der Waals surface area contributed by atoms with Crippen molar-refractivity contribution < 1.29 is 0 Å². The van der Waals surface area contributed by atoms with Crippen LogP contribution in [0.4, 0.5) is 0 Å². The molecule has 3 N–H and O–H groups in total. The Balaban J connectivity index is 2.84. The number of aromatic nitrogens is 2. The van der Waals surface area contributed by atoms with Gasteiger partial charge >= 0.3 is 0 Å². The van der Waals surface area contributed by atoms with E-state index in [1.165, 1.54) is 24.1 Å². The first-order valence-corrected chi connectivity index (χ1v) is 5.93. The van der Waals surface area contributed by atoms with Crippen molar-refractivity contribution in [2.24, 2.45) is 5.73 Å².